The van der Waals surface area contributed by atoms with Crippen molar-refractivity contribution in [2.75, 3.05) is 18.0 Å². The minimum Gasteiger partial charge on any atom is -0.391 e. The number of hydrogen-bond donors (Lipinski definition) is 1. The van der Waals surface area contributed by atoms with E-state index in [1.165, 1.54) is 37.3 Å². The largest absolute Gasteiger partial charge is 0.391 e. The van der Waals surface area contributed by atoms with E-state index in [1.807, 2.05) is 6.07 Å². The van der Waals surface area contributed by atoms with Crippen LogP contribution in [0.25, 0.3) is 0 Å². The molecule has 2 aliphatic rings. The van der Waals surface area contributed by atoms with Gasteiger partial charge in [-0.2, -0.15) is 0 Å². The lowest BCUT2D eigenvalue weighted by Crippen LogP contribution is -2.32. The van der Waals surface area contributed by atoms with Gasteiger partial charge in [-0.1, -0.05) is 31.7 Å². The zero-order valence-corrected chi connectivity index (χ0v) is 11.3. The van der Waals surface area contributed by atoms with Gasteiger partial charge >= 0.3 is 0 Å². The molecule has 19 heavy (non-hydrogen) atoms. The first-order chi connectivity index (χ1) is 9.22. The summed E-state index contributed by atoms with van der Waals surface area (Å²) in [4.78, 5) is 2.14. The number of hydrogen-bond acceptors (Lipinski definition) is 2. The van der Waals surface area contributed by atoms with Gasteiger partial charge < -0.3 is 10.0 Å². The molecule has 0 saturated heterocycles. The van der Waals surface area contributed by atoms with Crippen molar-refractivity contribution in [3.63, 3.8) is 0 Å². The lowest BCUT2D eigenvalue weighted by atomic mass is 10.00. The van der Waals surface area contributed by atoms with Gasteiger partial charge in [0.2, 0.25) is 0 Å². The van der Waals surface area contributed by atoms with Gasteiger partial charge in [0.1, 0.15) is 5.82 Å². The Kier molecular flexibility index (Phi) is 3.74. The molecular weight excluding hydrogens is 241 g/mol. The Labute approximate surface area is 114 Å². The maximum atomic E-state index is 13.3. The number of fused-ring (bicyclic) bond motifs is 1. The average Bonchev–Trinajstić information content (AvgIpc) is 3.00. The highest BCUT2D eigenvalue weighted by molar-refractivity contribution is 5.58. The van der Waals surface area contributed by atoms with Crippen molar-refractivity contribution >= 4 is 5.69 Å². The van der Waals surface area contributed by atoms with Gasteiger partial charge in [-0.3, -0.25) is 0 Å². The van der Waals surface area contributed by atoms with E-state index in [9.17, 15) is 9.50 Å². The Morgan fingerprint density at radius 2 is 2.11 bits per heavy atom. The molecule has 1 N–H and O–H groups in total. The third kappa shape index (κ3) is 2.92. The van der Waals surface area contributed by atoms with Crippen molar-refractivity contribution in [1.29, 1.82) is 0 Å². The molecule has 1 atom stereocenters. The molecule has 1 saturated carbocycles. The molecule has 0 bridgehead atoms. The van der Waals surface area contributed by atoms with Crippen LogP contribution in [-0.4, -0.2) is 24.3 Å². The van der Waals surface area contributed by atoms with E-state index < -0.39 is 0 Å². The summed E-state index contributed by atoms with van der Waals surface area (Å²) in [5, 5.41) is 10.2. The Morgan fingerprint density at radius 3 is 2.89 bits per heavy atom. The molecule has 1 aliphatic carbocycles. The molecule has 2 nitrogen and oxygen atoms in total. The van der Waals surface area contributed by atoms with E-state index in [4.69, 9.17) is 0 Å². The van der Waals surface area contributed by atoms with E-state index >= 15 is 0 Å². The standard InChI is InChI=1S/C16H22FNO/c17-14-6-5-13-7-8-18(16(13)10-14)11-15(19)9-12-3-1-2-4-12/h5-6,10,12,15,19H,1-4,7-9,11H2. The van der Waals surface area contributed by atoms with Gasteiger partial charge in [0.25, 0.3) is 0 Å². The molecule has 1 unspecified atom stereocenters. The van der Waals surface area contributed by atoms with Crippen molar-refractivity contribution < 1.29 is 9.50 Å². The third-order valence-corrected chi connectivity index (χ3v) is 4.55. The van der Waals surface area contributed by atoms with Crippen molar-refractivity contribution in [1.82, 2.24) is 0 Å². The van der Waals surface area contributed by atoms with Crippen LogP contribution in [0.3, 0.4) is 0 Å². The highest BCUT2D eigenvalue weighted by Gasteiger charge is 2.24. The summed E-state index contributed by atoms with van der Waals surface area (Å²) in [6, 6.07) is 5.00. The molecule has 1 heterocycles. The lowest BCUT2D eigenvalue weighted by Gasteiger charge is -2.24. The number of β-amino-alcohol motifs (C(OH)–C–C–N with tert-alkyl or cyclic N) is 1. The number of anilines is 1. The van der Waals surface area contributed by atoms with Crippen LogP contribution >= 0.6 is 0 Å². The fourth-order valence-electron chi connectivity index (χ4n) is 3.57. The maximum absolute atomic E-state index is 13.3. The second-order valence-electron chi connectivity index (χ2n) is 6.01. The average molecular weight is 263 g/mol. The second-order valence-corrected chi connectivity index (χ2v) is 6.01. The predicted octanol–water partition coefficient (Wildman–Crippen LogP) is 3.13. The smallest absolute Gasteiger partial charge is 0.125 e. The van der Waals surface area contributed by atoms with Crippen molar-refractivity contribution in [2.24, 2.45) is 5.92 Å². The first-order valence-electron chi connectivity index (χ1n) is 7.44. The number of halogens is 1. The van der Waals surface area contributed by atoms with Gasteiger partial charge in [-0.25, -0.2) is 4.39 Å². The molecule has 1 aromatic rings. The Morgan fingerprint density at radius 1 is 1.32 bits per heavy atom. The minimum absolute atomic E-state index is 0.184. The molecule has 1 aliphatic heterocycles. The topological polar surface area (TPSA) is 23.5 Å². The van der Waals surface area contributed by atoms with E-state index in [-0.39, 0.29) is 11.9 Å². The molecule has 0 radical (unpaired) electrons. The second kappa shape index (κ2) is 5.49. The number of rotatable bonds is 4. The summed E-state index contributed by atoms with van der Waals surface area (Å²) in [5.41, 5.74) is 2.18. The van der Waals surface area contributed by atoms with Crippen LogP contribution in [0.2, 0.25) is 0 Å². The molecule has 1 aromatic carbocycles. The van der Waals surface area contributed by atoms with Crippen LogP contribution in [0.4, 0.5) is 10.1 Å². The molecule has 1 fully saturated rings. The molecule has 104 valence electrons. The molecule has 0 amide bonds. The van der Waals surface area contributed by atoms with Crippen LogP contribution in [0.1, 0.15) is 37.7 Å². The Balaban J connectivity index is 1.60. The van der Waals surface area contributed by atoms with E-state index in [1.54, 1.807) is 6.07 Å². The van der Waals surface area contributed by atoms with Crippen LogP contribution in [0.5, 0.6) is 0 Å². The summed E-state index contributed by atoms with van der Waals surface area (Å²) in [7, 11) is 0. The van der Waals surface area contributed by atoms with E-state index in [0.29, 0.717) is 12.5 Å². The highest BCUT2D eigenvalue weighted by Crippen LogP contribution is 2.31. The zero-order valence-electron chi connectivity index (χ0n) is 11.3. The number of nitrogens with zero attached hydrogens (tertiary/aromatic N) is 1. The van der Waals surface area contributed by atoms with Crippen molar-refractivity contribution in [2.45, 2.75) is 44.6 Å². The maximum Gasteiger partial charge on any atom is 0.125 e. The molecular formula is C16H22FNO. The van der Waals surface area contributed by atoms with Crippen LogP contribution in [0.15, 0.2) is 18.2 Å². The summed E-state index contributed by atoms with van der Waals surface area (Å²) in [6.45, 7) is 1.55. The quantitative estimate of drug-likeness (QED) is 0.902. The van der Waals surface area contributed by atoms with E-state index in [2.05, 4.69) is 4.90 Å². The predicted molar refractivity (Wildman–Crippen MR) is 74.9 cm³/mol. The minimum atomic E-state index is -0.280. The van der Waals surface area contributed by atoms with Crippen LogP contribution < -0.4 is 4.90 Å². The summed E-state index contributed by atoms with van der Waals surface area (Å²) in [6.07, 6.45) is 6.75. The van der Waals surface area contributed by atoms with Crippen molar-refractivity contribution in [3.05, 3.63) is 29.6 Å². The van der Waals surface area contributed by atoms with Crippen LogP contribution in [0, 0.1) is 11.7 Å². The zero-order chi connectivity index (χ0) is 13.2. The Hall–Kier alpha value is -1.09. The molecule has 0 spiro atoms. The van der Waals surface area contributed by atoms with Gasteiger partial charge in [0, 0.05) is 18.8 Å². The number of aliphatic hydroxyl groups is 1. The summed E-state index contributed by atoms with van der Waals surface area (Å²) >= 11 is 0. The van der Waals surface area contributed by atoms with Gasteiger partial charge in [-0.05, 0) is 36.5 Å². The fourth-order valence-corrected chi connectivity index (χ4v) is 3.57. The van der Waals surface area contributed by atoms with Gasteiger partial charge in [-0.15, -0.1) is 0 Å². The third-order valence-electron chi connectivity index (χ3n) is 4.55. The van der Waals surface area contributed by atoms with Crippen molar-refractivity contribution in [3.8, 4) is 0 Å². The lowest BCUT2D eigenvalue weighted by molar-refractivity contribution is 0.148. The summed E-state index contributed by atoms with van der Waals surface area (Å²) < 4.78 is 13.3. The number of aliphatic hydroxyl groups excluding tert-OH is 1. The fraction of sp³-hybridized carbons (Fsp3) is 0.625. The Bertz CT molecular complexity index is 442. The van der Waals surface area contributed by atoms with Gasteiger partial charge in [0.15, 0.2) is 0 Å². The molecule has 3 rings (SSSR count). The SMILES string of the molecule is OC(CC1CCCC1)CN1CCc2ccc(F)cc21. The summed E-state index contributed by atoms with van der Waals surface area (Å²) in [5.74, 6) is 0.514. The highest BCUT2D eigenvalue weighted by atomic mass is 19.1. The molecule has 0 aromatic heterocycles. The first kappa shape index (κ1) is 12.9. The normalized spacial score (nSPS) is 20.8. The van der Waals surface area contributed by atoms with Gasteiger partial charge in [0.05, 0.1) is 6.10 Å². The first-order valence-corrected chi connectivity index (χ1v) is 7.44. The molecule has 3 heteroatoms. The van der Waals surface area contributed by atoms with Crippen LogP contribution in [-0.2, 0) is 6.42 Å². The monoisotopic (exact) mass is 263 g/mol. The van der Waals surface area contributed by atoms with E-state index in [0.717, 1.165) is 25.1 Å². The number of benzene rings is 1.